The van der Waals surface area contributed by atoms with Crippen molar-refractivity contribution in [3.8, 4) is 0 Å². The van der Waals surface area contributed by atoms with Gasteiger partial charge in [-0.3, -0.25) is 4.79 Å². The Bertz CT molecular complexity index is 1290. The third kappa shape index (κ3) is 3.90. The number of furan rings is 1. The molecule has 1 aromatic carbocycles. The van der Waals surface area contributed by atoms with Gasteiger partial charge < -0.3 is 9.73 Å². The average Bonchev–Trinajstić information content (AvgIpc) is 3.35. The Morgan fingerprint density at radius 3 is 2.77 bits per heavy atom. The molecule has 7 heteroatoms. The summed E-state index contributed by atoms with van der Waals surface area (Å²) in [6.45, 7) is 2.17. The number of hydrogen-bond acceptors (Lipinski definition) is 5. The van der Waals surface area contributed by atoms with Gasteiger partial charge in [0.2, 0.25) is 0 Å². The van der Waals surface area contributed by atoms with Crippen LogP contribution >= 0.6 is 0 Å². The van der Waals surface area contributed by atoms with Crippen LogP contribution in [0.3, 0.4) is 0 Å². The van der Waals surface area contributed by atoms with E-state index in [1.165, 1.54) is 0 Å². The first kappa shape index (κ1) is 20.0. The number of para-hydroxylation sites is 1. The van der Waals surface area contributed by atoms with Crippen LogP contribution in [0.25, 0.3) is 22.6 Å². The van der Waals surface area contributed by atoms with Crippen LogP contribution in [-0.2, 0) is 16.3 Å². The van der Waals surface area contributed by atoms with Gasteiger partial charge in [0.15, 0.2) is 9.84 Å². The summed E-state index contributed by atoms with van der Waals surface area (Å²) in [4.78, 5) is 18.4. The van der Waals surface area contributed by atoms with E-state index < -0.39 is 9.84 Å². The van der Waals surface area contributed by atoms with Gasteiger partial charge in [-0.1, -0.05) is 25.1 Å². The number of aromatic nitrogens is 1. The lowest BCUT2D eigenvalue weighted by molar-refractivity contribution is 0.0941. The van der Waals surface area contributed by atoms with Crippen LogP contribution < -0.4 is 5.32 Å². The number of amides is 1. The van der Waals surface area contributed by atoms with Crippen LogP contribution in [0.1, 0.15) is 47.1 Å². The third-order valence-electron chi connectivity index (χ3n) is 6.07. The number of benzene rings is 1. The topological polar surface area (TPSA) is 89.3 Å². The number of sulfone groups is 1. The fraction of sp³-hybridized carbons (Fsp3) is 0.333. The maximum Gasteiger partial charge on any atom is 0.252 e. The molecule has 2 aliphatic rings. The maximum absolute atomic E-state index is 13.5. The predicted octanol–water partition coefficient (Wildman–Crippen LogP) is 3.87. The fourth-order valence-corrected chi connectivity index (χ4v) is 6.38. The van der Waals surface area contributed by atoms with Crippen molar-refractivity contribution in [2.24, 2.45) is 5.92 Å². The van der Waals surface area contributed by atoms with E-state index in [0.29, 0.717) is 17.9 Å². The van der Waals surface area contributed by atoms with Crippen molar-refractivity contribution in [1.82, 2.24) is 10.3 Å². The Labute approximate surface area is 181 Å². The van der Waals surface area contributed by atoms with Crippen LogP contribution in [-0.4, -0.2) is 36.9 Å². The summed E-state index contributed by atoms with van der Waals surface area (Å²) in [5.41, 5.74) is 4.17. The Morgan fingerprint density at radius 1 is 1.19 bits per heavy atom. The number of nitrogens with one attached hydrogen (secondary N) is 1. The van der Waals surface area contributed by atoms with Crippen LogP contribution in [0.5, 0.6) is 0 Å². The SMILES string of the molecule is CC1CC(=Cc2ccco2)c2nc3ccccc3c(C(=O)NC3CCS(=O)(=O)C3)c2C1. The average molecular weight is 437 g/mol. The summed E-state index contributed by atoms with van der Waals surface area (Å²) < 4.78 is 29.2. The fourth-order valence-electron chi connectivity index (χ4n) is 4.71. The number of rotatable bonds is 3. The molecule has 1 saturated heterocycles. The van der Waals surface area contributed by atoms with Gasteiger partial charge >= 0.3 is 0 Å². The lowest BCUT2D eigenvalue weighted by Gasteiger charge is -2.27. The van der Waals surface area contributed by atoms with E-state index >= 15 is 0 Å². The largest absolute Gasteiger partial charge is 0.465 e. The number of allylic oxidation sites excluding steroid dienone is 1. The van der Waals surface area contributed by atoms with Crippen molar-refractivity contribution >= 4 is 38.3 Å². The third-order valence-corrected chi connectivity index (χ3v) is 7.84. The minimum absolute atomic E-state index is 0.00396. The predicted molar refractivity (Wildman–Crippen MR) is 120 cm³/mol. The molecule has 3 heterocycles. The van der Waals surface area contributed by atoms with E-state index in [1.807, 2.05) is 42.5 Å². The molecule has 3 aromatic rings. The Balaban J connectivity index is 1.64. The smallest absolute Gasteiger partial charge is 0.252 e. The first-order valence-electron chi connectivity index (χ1n) is 10.6. The Hall–Kier alpha value is -2.93. The molecular formula is C24H24N2O4S. The first-order valence-corrected chi connectivity index (χ1v) is 12.4. The summed E-state index contributed by atoms with van der Waals surface area (Å²) in [6.07, 6.45) is 5.69. The molecule has 2 atom stereocenters. The van der Waals surface area contributed by atoms with E-state index in [-0.39, 0.29) is 23.5 Å². The van der Waals surface area contributed by atoms with Crippen molar-refractivity contribution in [1.29, 1.82) is 0 Å². The zero-order valence-corrected chi connectivity index (χ0v) is 18.1. The molecule has 0 saturated carbocycles. The number of fused-ring (bicyclic) bond motifs is 2. The van der Waals surface area contributed by atoms with Crippen LogP contribution in [0.2, 0.25) is 0 Å². The Morgan fingerprint density at radius 2 is 2.03 bits per heavy atom. The lowest BCUT2D eigenvalue weighted by atomic mass is 9.80. The van der Waals surface area contributed by atoms with Gasteiger partial charge in [-0.15, -0.1) is 0 Å². The van der Waals surface area contributed by atoms with Crippen LogP contribution in [0.15, 0.2) is 47.1 Å². The molecule has 1 aliphatic heterocycles. The van der Waals surface area contributed by atoms with Gasteiger partial charge in [0, 0.05) is 11.4 Å². The number of carbonyl (C=O) groups excluding carboxylic acids is 1. The lowest BCUT2D eigenvalue weighted by Crippen LogP contribution is -2.36. The molecule has 6 nitrogen and oxygen atoms in total. The highest BCUT2D eigenvalue weighted by molar-refractivity contribution is 7.91. The molecule has 0 bridgehead atoms. The maximum atomic E-state index is 13.5. The van der Waals surface area contributed by atoms with E-state index in [4.69, 9.17) is 9.40 Å². The van der Waals surface area contributed by atoms with Gasteiger partial charge in [-0.05, 0) is 60.6 Å². The van der Waals surface area contributed by atoms with E-state index in [9.17, 15) is 13.2 Å². The number of hydrogen-bond donors (Lipinski definition) is 1. The van der Waals surface area contributed by atoms with Crippen molar-refractivity contribution < 1.29 is 17.6 Å². The monoisotopic (exact) mass is 436 g/mol. The second-order valence-corrected chi connectivity index (χ2v) is 10.8. The molecule has 1 amide bonds. The standard InChI is InChI=1S/C24H24N2O4S/c1-15-11-16(13-18-5-4-9-30-18)23-20(12-15)22(19-6-2-3-7-21(19)26-23)24(27)25-17-8-10-31(28,29)14-17/h2-7,9,13,15,17H,8,10-12,14H2,1H3,(H,25,27). The second kappa shape index (κ2) is 7.64. The first-order chi connectivity index (χ1) is 14.9. The molecule has 1 N–H and O–H groups in total. The minimum atomic E-state index is -3.08. The summed E-state index contributed by atoms with van der Waals surface area (Å²) in [7, 11) is -3.08. The van der Waals surface area contributed by atoms with E-state index in [0.717, 1.165) is 46.3 Å². The molecule has 0 spiro atoms. The molecule has 0 radical (unpaired) electrons. The molecule has 5 rings (SSSR count). The van der Waals surface area contributed by atoms with E-state index in [2.05, 4.69) is 12.2 Å². The van der Waals surface area contributed by atoms with Gasteiger partial charge in [0.25, 0.3) is 5.91 Å². The molecule has 160 valence electrons. The second-order valence-electron chi connectivity index (χ2n) is 8.60. The van der Waals surface area contributed by atoms with Crippen LogP contribution in [0.4, 0.5) is 0 Å². The van der Waals surface area contributed by atoms with Crippen molar-refractivity contribution in [3.05, 3.63) is 65.2 Å². The van der Waals surface area contributed by atoms with Crippen molar-refractivity contribution in [2.75, 3.05) is 11.5 Å². The van der Waals surface area contributed by atoms with Gasteiger partial charge in [-0.25, -0.2) is 13.4 Å². The molecule has 1 aliphatic carbocycles. The van der Waals surface area contributed by atoms with Crippen molar-refractivity contribution in [2.45, 2.75) is 32.2 Å². The summed E-state index contributed by atoms with van der Waals surface area (Å²) in [6, 6.07) is 11.0. The van der Waals surface area contributed by atoms with Gasteiger partial charge in [0.05, 0.1) is 34.5 Å². The van der Waals surface area contributed by atoms with Gasteiger partial charge in [0.1, 0.15) is 5.76 Å². The summed E-state index contributed by atoms with van der Waals surface area (Å²) >= 11 is 0. The number of nitrogens with zero attached hydrogens (tertiary/aromatic N) is 1. The summed E-state index contributed by atoms with van der Waals surface area (Å²) in [5.74, 6) is 1.01. The van der Waals surface area contributed by atoms with E-state index in [1.54, 1.807) is 6.26 Å². The minimum Gasteiger partial charge on any atom is -0.465 e. The number of carbonyl (C=O) groups is 1. The highest BCUT2D eigenvalue weighted by Crippen LogP contribution is 2.38. The van der Waals surface area contributed by atoms with Crippen molar-refractivity contribution in [3.63, 3.8) is 0 Å². The van der Waals surface area contributed by atoms with Gasteiger partial charge in [-0.2, -0.15) is 0 Å². The highest BCUT2D eigenvalue weighted by Gasteiger charge is 2.32. The molecule has 2 aromatic heterocycles. The van der Waals surface area contributed by atoms with Crippen LogP contribution in [0, 0.1) is 5.92 Å². The molecular weight excluding hydrogens is 412 g/mol. The normalized spacial score (nSPS) is 23.7. The molecule has 1 fully saturated rings. The zero-order valence-electron chi connectivity index (χ0n) is 17.3. The zero-order chi connectivity index (χ0) is 21.6. The molecule has 31 heavy (non-hydrogen) atoms. The molecule has 2 unspecified atom stereocenters. The highest BCUT2D eigenvalue weighted by atomic mass is 32.2. The summed E-state index contributed by atoms with van der Waals surface area (Å²) in [5, 5.41) is 3.78. The number of pyridine rings is 1. The Kier molecular flexibility index (Phi) is 4.93. The quantitative estimate of drug-likeness (QED) is 0.673.